The Hall–Kier alpha value is -3.13. The van der Waals surface area contributed by atoms with E-state index in [2.05, 4.69) is 43.4 Å². The van der Waals surface area contributed by atoms with Gasteiger partial charge in [0.2, 0.25) is 11.8 Å². The van der Waals surface area contributed by atoms with Crippen LogP contribution in [0.15, 0.2) is 40.9 Å². The van der Waals surface area contributed by atoms with Gasteiger partial charge in [-0.25, -0.2) is 0 Å². The van der Waals surface area contributed by atoms with Crippen molar-refractivity contribution >= 4 is 39.2 Å². The summed E-state index contributed by atoms with van der Waals surface area (Å²) in [5.41, 5.74) is 3.43. The molecular formula is C20H13BrClN5O. The Morgan fingerprint density at radius 1 is 1.00 bits per heavy atom. The first kappa shape index (κ1) is 19.6. The highest BCUT2D eigenvalue weighted by Gasteiger charge is 2.16. The highest BCUT2D eigenvalue weighted by Crippen LogP contribution is 2.36. The summed E-state index contributed by atoms with van der Waals surface area (Å²) >= 11 is 9.58. The molecule has 0 saturated heterocycles. The number of benzene rings is 2. The fourth-order valence-electron chi connectivity index (χ4n) is 2.55. The van der Waals surface area contributed by atoms with Crippen molar-refractivity contribution in [2.45, 2.75) is 13.8 Å². The summed E-state index contributed by atoms with van der Waals surface area (Å²) in [6, 6.07) is 14.5. The molecule has 0 unspecified atom stereocenters. The molecule has 0 spiro atoms. The normalized spacial score (nSPS) is 10.1. The minimum absolute atomic E-state index is 0.185. The molecular weight excluding hydrogens is 442 g/mol. The number of nitriles is 2. The van der Waals surface area contributed by atoms with Crippen LogP contribution in [-0.4, -0.2) is 9.97 Å². The maximum atomic E-state index is 9.09. The van der Waals surface area contributed by atoms with Crippen molar-refractivity contribution < 1.29 is 4.74 Å². The van der Waals surface area contributed by atoms with Crippen molar-refractivity contribution in [3.05, 3.63) is 68.3 Å². The second-order valence-electron chi connectivity index (χ2n) is 5.92. The van der Waals surface area contributed by atoms with Gasteiger partial charge in [0.15, 0.2) is 5.15 Å². The molecule has 0 bridgehead atoms. The number of ether oxygens (including phenoxy) is 1. The largest absolute Gasteiger partial charge is 0.437 e. The Bertz CT molecular complexity index is 1110. The van der Waals surface area contributed by atoms with Gasteiger partial charge < -0.3 is 10.1 Å². The molecule has 8 heteroatoms. The van der Waals surface area contributed by atoms with Crippen LogP contribution in [0.1, 0.15) is 22.3 Å². The molecule has 3 rings (SSSR count). The summed E-state index contributed by atoms with van der Waals surface area (Å²) in [5, 5.41) is 21.2. The summed E-state index contributed by atoms with van der Waals surface area (Å²) in [5.74, 6) is 1.09. The van der Waals surface area contributed by atoms with E-state index < -0.39 is 0 Å². The van der Waals surface area contributed by atoms with E-state index >= 15 is 0 Å². The van der Waals surface area contributed by atoms with E-state index in [-0.39, 0.29) is 17.0 Å². The standard InChI is InChI=1S/C20H13BrClN5O/c1-11-7-14(10-24)8-12(2)17(11)28-19-16(21)18(22)26-20(27-19)25-15-5-3-13(9-23)4-6-15/h3-8H,1-2H3,(H,25,26,27). The minimum atomic E-state index is 0.185. The van der Waals surface area contributed by atoms with Crippen LogP contribution in [0.3, 0.4) is 0 Å². The first-order valence-electron chi connectivity index (χ1n) is 8.10. The third-order valence-electron chi connectivity index (χ3n) is 3.84. The van der Waals surface area contributed by atoms with Gasteiger partial charge in [-0.2, -0.15) is 20.5 Å². The SMILES string of the molecule is Cc1cc(C#N)cc(C)c1Oc1nc(Nc2ccc(C#N)cc2)nc(Cl)c1Br. The second-order valence-corrected chi connectivity index (χ2v) is 7.08. The summed E-state index contributed by atoms with van der Waals surface area (Å²) in [6.07, 6.45) is 0. The summed E-state index contributed by atoms with van der Waals surface area (Å²) < 4.78 is 6.41. The smallest absolute Gasteiger partial charge is 0.240 e. The van der Waals surface area contributed by atoms with Crippen LogP contribution < -0.4 is 10.1 Å². The zero-order valence-electron chi connectivity index (χ0n) is 14.9. The van der Waals surface area contributed by atoms with E-state index in [4.69, 9.17) is 26.9 Å². The number of anilines is 2. The lowest BCUT2D eigenvalue weighted by Crippen LogP contribution is -2.02. The van der Waals surface area contributed by atoms with Gasteiger partial charge in [0.25, 0.3) is 0 Å². The third kappa shape index (κ3) is 4.23. The van der Waals surface area contributed by atoms with Crippen molar-refractivity contribution in [3.8, 4) is 23.8 Å². The summed E-state index contributed by atoms with van der Waals surface area (Å²) in [6.45, 7) is 3.71. The number of aromatic nitrogens is 2. The fraction of sp³-hybridized carbons (Fsp3) is 0.100. The van der Waals surface area contributed by atoms with Crippen molar-refractivity contribution in [1.29, 1.82) is 10.5 Å². The van der Waals surface area contributed by atoms with Crippen LogP contribution in [0.5, 0.6) is 11.6 Å². The van der Waals surface area contributed by atoms with E-state index in [1.807, 2.05) is 13.8 Å². The van der Waals surface area contributed by atoms with Crippen molar-refractivity contribution in [3.63, 3.8) is 0 Å². The second kappa shape index (κ2) is 8.26. The van der Waals surface area contributed by atoms with E-state index in [0.717, 1.165) is 11.1 Å². The number of rotatable bonds is 4. The molecule has 0 saturated carbocycles. The number of halogens is 2. The molecule has 0 amide bonds. The highest BCUT2D eigenvalue weighted by molar-refractivity contribution is 9.10. The Morgan fingerprint density at radius 3 is 2.18 bits per heavy atom. The molecule has 3 aromatic rings. The fourth-order valence-corrected chi connectivity index (χ4v) is 2.97. The Morgan fingerprint density at radius 2 is 1.61 bits per heavy atom. The Kier molecular flexibility index (Phi) is 5.79. The number of nitrogens with one attached hydrogen (secondary N) is 1. The van der Waals surface area contributed by atoms with Crippen molar-refractivity contribution in [2.75, 3.05) is 5.32 Å². The summed E-state index contributed by atoms with van der Waals surface area (Å²) in [4.78, 5) is 8.58. The first-order chi connectivity index (χ1) is 13.4. The number of hydrogen-bond donors (Lipinski definition) is 1. The zero-order chi connectivity index (χ0) is 20.3. The molecule has 0 aliphatic rings. The van der Waals surface area contributed by atoms with Crippen LogP contribution in [0.25, 0.3) is 0 Å². The molecule has 0 fully saturated rings. The molecule has 0 aliphatic carbocycles. The molecule has 0 aliphatic heterocycles. The van der Waals surface area contributed by atoms with Gasteiger partial charge >= 0.3 is 0 Å². The third-order valence-corrected chi connectivity index (χ3v) is 5.06. The van der Waals surface area contributed by atoms with Crippen molar-refractivity contribution in [2.24, 2.45) is 0 Å². The molecule has 1 aromatic heterocycles. The number of hydrogen-bond acceptors (Lipinski definition) is 6. The molecule has 138 valence electrons. The van der Waals surface area contributed by atoms with Gasteiger partial charge in [-0.15, -0.1) is 0 Å². The van der Waals surface area contributed by atoms with Gasteiger partial charge in [0, 0.05) is 5.69 Å². The topological polar surface area (TPSA) is 94.6 Å². The molecule has 6 nitrogen and oxygen atoms in total. The lowest BCUT2D eigenvalue weighted by Gasteiger charge is -2.14. The lowest BCUT2D eigenvalue weighted by molar-refractivity contribution is 0.452. The molecule has 28 heavy (non-hydrogen) atoms. The van der Waals surface area contributed by atoms with Crippen molar-refractivity contribution in [1.82, 2.24) is 9.97 Å². The van der Waals surface area contributed by atoms with Gasteiger partial charge in [-0.3, -0.25) is 0 Å². The first-order valence-corrected chi connectivity index (χ1v) is 9.27. The average Bonchev–Trinajstić information content (AvgIpc) is 2.68. The van der Waals surface area contributed by atoms with E-state index in [1.54, 1.807) is 36.4 Å². The molecule has 1 heterocycles. The van der Waals surface area contributed by atoms with Gasteiger partial charge in [0.05, 0.1) is 23.3 Å². The van der Waals surface area contributed by atoms with Crippen LogP contribution in [-0.2, 0) is 0 Å². The maximum Gasteiger partial charge on any atom is 0.240 e. The number of aryl methyl sites for hydroxylation is 2. The quantitative estimate of drug-likeness (QED) is 0.501. The predicted octanol–water partition coefficient (Wildman–Crippen LogP) is 5.79. The molecule has 0 radical (unpaired) electrons. The zero-order valence-corrected chi connectivity index (χ0v) is 17.3. The van der Waals surface area contributed by atoms with Crippen LogP contribution in [0.2, 0.25) is 5.15 Å². The maximum absolute atomic E-state index is 9.09. The van der Waals surface area contributed by atoms with Crippen LogP contribution >= 0.6 is 27.5 Å². The van der Waals surface area contributed by atoms with E-state index in [1.165, 1.54) is 0 Å². The van der Waals surface area contributed by atoms with Crippen LogP contribution in [0, 0.1) is 36.5 Å². The van der Waals surface area contributed by atoms with Gasteiger partial charge in [-0.05, 0) is 77.3 Å². The monoisotopic (exact) mass is 453 g/mol. The molecule has 2 aromatic carbocycles. The average molecular weight is 455 g/mol. The van der Waals surface area contributed by atoms with E-state index in [0.29, 0.717) is 27.0 Å². The Labute approximate surface area is 175 Å². The van der Waals surface area contributed by atoms with E-state index in [9.17, 15) is 0 Å². The minimum Gasteiger partial charge on any atom is -0.437 e. The Balaban J connectivity index is 1.94. The molecule has 0 atom stereocenters. The predicted molar refractivity (Wildman–Crippen MR) is 110 cm³/mol. The highest BCUT2D eigenvalue weighted by atomic mass is 79.9. The summed E-state index contributed by atoms with van der Waals surface area (Å²) in [7, 11) is 0. The molecule has 1 N–H and O–H groups in total. The van der Waals surface area contributed by atoms with Gasteiger partial charge in [0.1, 0.15) is 10.2 Å². The van der Waals surface area contributed by atoms with Crippen LogP contribution in [0.4, 0.5) is 11.6 Å². The number of nitrogens with zero attached hydrogens (tertiary/aromatic N) is 4. The van der Waals surface area contributed by atoms with Gasteiger partial charge in [-0.1, -0.05) is 11.6 Å². The lowest BCUT2D eigenvalue weighted by atomic mass is 10.1.